The summed E-state index contributed by atoms with van der Waals surface area (Å²) in [5, 5.41) is 9.85. The van der Waals surface area contributed by atoms with Crippen molar-refractivity contribution in [3.05, 3.63) is 51.3 Å². The standard InChI is InChI=1S/C29H37N5O3/c1-17-9-10-20-14-22(15-25(17)33(20)21-12-18-5-4-6-19(11-18)13-21)34-24-8-3-2-7-23(24)30-27(28(34)36)32-16-26(35)31-29(32)37/h2-3,7-8,16-22,25,35H,4-6,9-15H2,1H3,(H,31,37). The van der Waals surface area contributed by atoms with Crippen LogP contribution in [0.2, 0.25) is 0 Å². The highest BCUT2D eigenvalue weighted by molar-refractivity contribution is 5.75. The lowest BCUT2D eigenvalue weighted by molar-refractivity contribution is -0.0693. The molecule has 6 atom stereocenters. The Morgan fingerprint density at radius 2 is 1.70 bits per heavy atom. The summed E-state index contributed by atoms with van der Waals surface area (Å²) in [6.45, 7) is 2.40. The molecule has 3 aromatic rings. The second kappa shape index (κ2) is 8.86. The summed E-state index contributed by atoms with van der Waals surface area (Å²) in [5.74, 6) is 2.17. The average Bonchev–Trinajstić information content (AvgIpc) is 3.22. The van der Waals surface area contributed by atoms with Gasteiger partial charge in [0, 0.05) is 24.2 Å². The predicted molar refractivity (Wildman–Crippen MR) is 142 cm³/mol. The van der Waals surface area contributed by atoms with Crippen LogP contribution in [0, 0.1) is 17.8 Å². The van der Waals surface area contributed by atoms with E-state index in [-0.39, 0.29) is 23.3 Å². The van der Waals surface area contributed by atoms with E-state index in [0.29, 0.717) is 29.6 Å². The number of aromatic amines is 1. The molecule has 6 unspecified atom stereocenters. The fourth-order valence-corrected chi connectivity index (χ4v) is 8.56. The van der Waals surface area contributed by atoms with Crippen LogP contribution in [-0.4, -0.2) is 47.2 Å². The van der Waals surface area contributed by atoms with E-state index in [9.17, 15) is 14.7 Å². The van der Waals surface area contributed by atoms with E-state index in [1.54, 1.807) is 0 Å². The molecular weight excluding hydrogens is 466 g/mol. The van der Waals surface area contributed by atoms with E-state index < -0.39 is 5.69 Å². The molecule has 8 nitrogen and oxygen atoms in total. The van der Waals surface area contributed by atoms with Gasteiger partial charge in [0.05, 0.1) is 17.2 Å². The number of H-pyrrole nitrogens is 1. The highest BCUT2D eigenvalue weighted by atomic mass is 16.3. The minimum Gasteiger partial charge on any atom is -0.493 e. The molecule has 4 bridgehead atoms. The summed E-state index contributed by atoms with van der Waals surface area (Å²) in [4.78, 5) is 36.3. The lowest BCUT2D eigenvalue weighted by Crippen LogP contribution is -2.61. The number of hydrogen-bond acceptors (Lipinski definition) is 5. The molecular formula is C29H37N5O3. The molecule has 2 saturated heterocycles. The molecule has 2 aliphatic heterocycles. The number of para-hydroxylation sites is 2. The number of nitrogens with one attached hydrogen (secondary N) is 1. The van der Waals surface area contributed by atoms with E-state index in [2.05, 4.69) is 21.8 Å². The summed E-state index contributed by atoms with van der Waals surface area (Å²) in [6.07, 6.45) is 14.0. The van der Waals surface area contributed by atoms with E-state index >= 15 is 0 Å². The average molecular weight is 504 g/mol. The van der Waals surface area contributed by atoms with E-state index in [1.165, 1.54) is 57.6 Å². The van der Waals surface area contributed by atoms with Gasteiger partial charge in [-0.25, -0.2) is 14.3 Å². The van der Waals surface area contributed by atoms with Crippen molar-refractivity contribution in [2.24, 2.45) is 17.8 Å². The first kappa shape index (κ1) is 23.3. The third-order valence-electron chi connectivity index (χ3n) is 10.1. The van der Waals surface area contributed by atoms with Crippen molar-refractivity contribution < 1.29 is 5.11 Å². The molecule has 0 amide bonds. The third-order valence-corrected chi connectivity index (χ3v) is 10.1. The fourth-order valence-electron chi connectivity index (χ4n) is 8.56. The molecule has 2 aromatic heterocycles. The first-order chi connectivity index (χ1) is 18.0. The summed E-state index contributed by atoms with van der Waals surface area (Å²) >= 11 is 0. The Morgan fingerprint density at radius 1 is 0.919 bits per heavy atom. The Morgan fingerprint density at radius 3 is 2.46 bits per heavy atom. The monoisotopic (exact) mass is 503 g/mol. The molecule has 7 rings (SSSR count). The van der Waals surface area contributed by atoms with Crippen LogP contribution in [-0.2, 0) is 0 Å². The lowest BCUT2D eigenvalue weighted by atomic mass is 9.67. The number of aromatic hydroxyl groups is 1. The van der Waals surface area contributed by atoms with E-state index in [4.69, 9.17) is 0 Å². The number of benzene rings is 1. The SMILES string of the molecule is CC1CCC2CC(n3c(=O)c(-n4cc(O)[nH]c4=O)nc4ccccc43)CC1N2C1CC2CCCC(C2)C1. The van der Waals surface area contributed by atoms with Crippen molar-refractivity contribution in [3.8, 4) is 11.7 Å². The third kappa shape index (κ3) is 3.87. The van der Waals surface area contributed by atoms with Gasteiger partial charge in [0.1, 0.15) is 0 Å². The topological polar surface area (TPSA) is 96.1 Å². The van der Waals surface area contributed by atoms with Gasteiger partial charge in [0.25, 0.3) is 5.56 Å². The second-order valence-electron chi connectivity index (χ2n) is 12.3. The van der Waals surface area contributed by atoms with Crippen molar-refractivity contribution in [2.75, 3.05) is 0 Å². The van der Waals surface area contributed by atoms with Gasteiger partial charge >= 0.3 is 5.69 Å². The molecule has 4 fully saturated rings. The normalized spacial score (nSPS) is 34.0. The van der Waals surface area contributed by atoms with Gasteiger partial charge < -0.3 is 9.67 Å². The summed E-state index contributed by atoms with van der Waals surface area (Å²) in [5.41, 5.74) is 0.675. The zero-order chi connectivity index (χ0) is 25.3. The van der Waals surface area contributed by atoms with Crippen LogP contribution in [0.15, 0.2) is 40.1 Å². The highest BCUT2D eigenvalue weighted by Gasteiger charge is 2.47. The Balaban J connectivity index is 1.29. The molecule has 0 radical (unpaired) electrons. The number of nitrogens with zero attached hydrogens (tertiary/aromatic N) is 4. The lowest BCUT2D eigenvalue weighted by Gasteiger charge is -2.57. The summed E-state index contributed by atoms with van der Waals surface area (Å²) in [6, 6.07) is 9.43. The number of piperidine rings is 2. The molecule has 2 N–H and O–H groups in total. The van der Waals surface area contributed by atoms with Gasteiger partial charge in [-0.05, 0) is 74.8 Å². The van der Waals surface area contributed by atoms with Crippen molar-refractivity contribution in [1.29, 1.82) is 0 Å². The fraction of sp³-hybridized carbons (Fsp3) is 0.621. The van der Waals surface area contributed by atoms with Gasteiger partial charge in [0.15, 0.2) is 0 Å². The first-order valence-corrected chi connectivity index (χ1v) is 14.3. The van der Waals surface area contributed by atoms with Gasteiger partial charge in [-0.2, -0.15) is 0 Å². The van der Waals surface area contributed by atoms with Crippen LogP contribution < -0.4 is 11.2 Å². The largest absolute Gasteiger partial charge is 0.493 e. The van der Waals surface area contributed by atoms with Crippen molar-refractivity contribution >= 4 is 11.0 Å². The molecule has 8 heteroatoms. The van der Waals surface area contributed by atoms with Crippen molar-refractivity contribution in [1.82, 2.24) is 24.0 Å². The number of imidazole rings is 1. The number of hydrogen-bond donors (Lipinski definition) is 2. The Kier molecular flexibility index (Phi) is 5.57. The minimum absolute atomic E-state index is 0.0426. The molecule has 1 aromatic carbocycles. The molecule has 4 heterocycles. The van der Waals surface area contributed by atoms with Crippen LogP contribution in [0.3, 0.4) is 0 Å². The smallest absolute Gasteiger partial charge is 0.334 e. The molecule has 196 valence electrons. The predicted octanol–water partition coefficient (Wildman–Crippen LogP) is 4.35. The van der Waals surface area contributed by atoms with Gasteiger partial charge in [-0.3, -0.25) is 14.7 Å². The summed E-state index contributed by atoms with van der Waals surface area (Å²) in [7, 11) is 0. The van der Waals surface area contributed by atoms with E-state index in [0.717, 1.165) is 34.8 Å². The highest BCUT2D eigenvalue weighted by Crippen LogP contribution is 2.48. The first-order valence-electron chi connectivity index (χ1n) is 14.3. The molecule has 2 aliphatic carbocycles. The number of fused-ring (bicyclic) bond motifs is 5. The number of rotatable bonds is 3. The second-order valence-corrected chi connectivity index (χ2v) is 12.3. The Labute approximate surface area is 216 Å². The van der Waals surface area contributed by atoms with Crippen LogP contribution in [0.25, 0.3) is 16.9 Å². The van der Waals surface area contributed by atoms with Crippen LogP contribution >= 0.6 is 0 Å². The van der Waals surface area contributed by atoms with E-state index in [1.807, 2.05) is 28.8 Å². The van der Waals surface area contributed by atoms with Gasteiger partial charge in [-0.1, -0.05) is 38.3 Å². The quantitative estimate of drug-likeness (QED) is 0.554. The Bertz CT molecular complexity index is 1430. The zero-order valence-corrected chi connectivity index (χ0v) is 21.6. The van der Waals surface area contributed by atoms with Crippen molar-refractivity contribution in [3.63, 3.8) is 0 Å². The maximum atomic E-state index is 14.0. The maximum Gasteiger partial charge on any atom is 0.334 e. The van der Waals surface area contributed by atoms with Crippen LogP contribution in [0.4, 0.5) is 0 Å². The molecule has 37 heavy (non-hydrogen) atoms. The van der Waals surface area contributed by atoms with Crippen LogP contribution in [0.5, 0.6) is 5.88 Å². The molecule has 2 saturated carbocycles. The van der Waals surface area contributed by atoms with Gasteiger partial charge in [-0.15, -0.1) is 0 Å². The summed E-state index contributed by atoms with van der Waals surface area (Å²) < 4.78 is 3.05. The maximum absolute atomic E-state index is 14.0. The Hall–Kier alpha value is -2.87. The van der Waals surface area contributed by atoms with Crippen LogP contribution in [0.1, 0.15) is 77.2 Å². The zero-order valence-electron chi connectivity index (χ0n) is 21.6. The van der Waals surface area contributed by atoms with Crippen molar-refractivity contribution in [2.45, 2.75) is 95.3 Å². The minimum atomic E-state index is -0.563. The van der Waals surface area contributed by atoms with Gasteiger partial charge in [0.2, 0.25) is 11.7 Å². The molecule has 4 aliphatic rings. The number of aromatic nitrogens is 4. The molecule has 0 spiro atoms.